The van der Waals surface area contributed by atoms with E-state index < -0.39 is 35.6 Å². The summed E-state index contributed by atoms with van der Waals surface area (Å²) < 4.78 is 24.9. The molecule has 1 saturated heterocycles. The number of aliphatic hydroxyl groups excluding tert-OH is 3. The van der Waals surface area contributed by atoms with E-state index in [4.69, 9.17) is 9.47 Å². The Labute approximate surface area is 138 Å². The summed E-state index contributed by atoms with van der Waals surface area (Å²) in [5, 5.41) is 29.7. The molecule has 0 aliphatic carbocycles. The van der Waals surface area contributed by atoms with Crippen LogP contribution in [0.1, 0.15) is 48.0 Å². The molecule has 0 saturated carbocycles. The molecule has 1 rings (SSSR count). The van der Waals surface area contributed by atoms with Crippen LogP contribution in [0.5, 0.6) is 0 Å². The molecule has 0 spiro atoms. The van der Waals surface area contributed by atoms with Gasteiger partial charge in [0, 0.05) is 17.9 Å². The molecule has 136 valence electrons. The maximum atomic E-state index is 13.3. The van der Waals surface area contributed by atoms with E-state index >= 15 is 0 Å². The van der Waals surface area contributed by atoms with E-state index in [9.17, 15) is 19.7 Å². The van der Waals surface area contributed by atoms with E-state index in [1.807, 2.05) is 20.8 Å². The quantitative estimate of drug-likeness (QED) is 0.665. The van der Waals surface area contributed by atoms with Gasteiger partial charge in [-0.2, -0.15) is 0 Å². The Kier molecular flexibility index (Phi) is 6.75. The van der Waals surface area contributed by atoms with Crippen molar-refractivity contribution in [3.05, 3.63) is 11.9 Å². The van der Waals surface area contributed by atoms with Gasteiger partial charge in [0.2, 0.25) is 0 Å². The third-order valence-electron chi connectivity index (χ3n) is 5.00. The molecule has 5 nitrogen and oxygen atoms in total. The molecule has 0 aromatic carbocycles. The van der Waals surface area contributed by atoms with Gasteiger partial charge in [0.05, 0.1) is 17.5 Å². The molecule has 0 radical (unpaired) electrons. The third kappa shape index (κ3) is 4.51. The zero-order valence-electron chi connectivity index (χ0n) is 14.9. The van der Waals surface area contributed by atoms with Gasteiger partial charge in [0.25, 0.3) is 0 Å². The molecule has 1 aliphatic heterocycles. The standard InChI is InChI=1S/C17H31FO5/c1-7-11(9-19)14-12(20)13(21)15(22-14)23-17(5,6)16(3,4)8-10(2)18/h8,11-15,19-21H,7,9H2,1-6H3/b10-8+. The first-order valence-electron chi connectivity index (χ1n) is 8.12. The van der Waals surface area contributed by atoms with Gasteiger partial charge in [0.1, 0.15) is 12.2 Å². The van der Waals surface area contributed by atoms with Crippen molar-refractivity contribution >= 4 is 0 Å². The van der Waals surface area contributed by atoms with Crippen LogP contribution in [0.4, 0.5) is 4.39 Å². The van der Waals surface area contributed by atoms with E-state index in [0.717, 1.165) is 0 Å². The van der Waals surface area contributed by atoms with Crippen molar-refractivity contribution in [3.63, 3.8) is 0 Å². The smallest absolute Gasteiger partial charge is 0.187 e. The Bertz CT molecular complexity index is 413. The van der Waals surface area contributed by atoms with Crippen molar-refractivity contribution in [1.29, 1.82) is 0 Å². The Morgan fingerprint density at radius 1 is 1.26 bits per heavy atom. The summed E-state index contributed by atoms with van der Waals surface area (Å²) in [5.41, 5.74) is -1.50. The first-order chi connectivity index (χ1) is 10.5. The first kappa shape index (κ1) is 20.5. The SMILES string of the molecule is CCC(CO)C1OC(OC(C)(C)C(C)(C)/C=C(\C)F)C(O)C1O. The normalized spacial score (nSPS) is 31.5. The van der Waals surface area contributed by atoms with Crippen LogP contribution in [0.25, 0.3) is 0 Å². The van der Waals surface area contributed by atoms with Crippen molar-refractivity contribution in [2.24, 2.45) is 11.3 Å². The van der Waals surface area contributed by atoms with Gasteiger partial charge in [-0.1, -0.05) is 20.8 Å². The molecule has 5 unspecified atom stereocenters. The van der Waals surface area contributed by atoms with E-state index in [2.05, 4.69) is 0 Å². The van der Waals surface area contributed by atoms with Crippen molar-refractivity contribution in [2.45, 2.75) is 78.2 Å². The number of halogens is 1. The lowest BCUT2D eigenvalue weighted by Crippen LogP contribution is -2.46. The number of rotatable bonds is 7. The fourth-order valence-electron chi connectivity index (χ4n) is 2.74. The summed E-state index contributed by atoms with van der Waals surface area (Å²) >= 11 is 0. The Morgan fingerprint density at radius 2 is 1.83 bits per heavy atom. The van der Waals surface area contributed by atoms with Gasteiger partial charge < -0.3 is 24.8 Å². The lowest BCUT2D eigenvalue weighted by atomic mass is 9.76. The zero-order chi connectivity index (χ0) is 18.0. The van der Waals surface area contributed by atoms with Crippen LogP contribution in [0, 0.1) is 11.3 Å². The maximum absolute atomic E-state index is 13.3. The molecule has 1 aliphatic rings. The minimum Gasteiger partial charge on any atom is -0.396 e. The zero-order valence-corrected chi connectivity index (χ0v) is 14.9. The Morgan fingerprint density at radius 3 is 2.26 bits per heavy atom. The number of allylic oxidation sites excluding steroid dienone is 1. The molecule has 23 heavy (non-hydrogen) atoms. The molecule has 6 heteroatoms. The molecule has 0 aromatic heterocycles. The highest BCUT2D eigenvalue weighted by Crippen LogP contribution is 2.40. The van der Waals surface area contributed by atoms with Gasteiger partial charge in [-0.05, 0) is 33.3 Å². The minimum absolute atomic E-state index is 0.143. The lowest BCUT2D eigenvalue weighted by Gasteiger charge is -2.41. The third-order valence-corrected chi connectivity index (χ3v) is 5.00. The van der Waals surface area contributed by atoms with Gasteiger partial charge in [-0.3, -0.25) is 0 Å². The predicted octanol–water partition coefficient (Wildman–Crippen LogP) is 2.15. The van der Waals surface area contributed by atoms with Crippen molar-refractivity contribution in [3.8, 4) is 0 Å². The second kappa shape index (κ2) is 7.57. The summed E-state index contributed by atoms with van der Waals surface area (Å²) in [4.78, 5) is 0. The monoisotopic (exact) mass is 334 g/mol. The second-order valence-electron chi connectivity index (χ2n) is 7.38. The average molecular weight is 334 g/mol. The van der Waals surface area contributed by atoms with Gasteiger partial charge >= 0.3 is 0 Å². The van der Waals surface area contributed by atoms with Crippen molar-refractivity contribution in [2.75, 3.05) is 6.61 Å². The average Bonchev–Trinajstić information content (AvgIpc) is 2.67. The first-order valence-corrected chi connectivity index (χ1v) is 8.12. The van der Waals surface area contributed by atoms with Crippen LogP contribution in [0.3, 0.4) is 0 Å². The van der Waals surface area contributed by atoms with Gasteiger partial charge in [-0.25, -0.2) is 4.39 Å². The summed E-state index contributed by atoms with van der Waals surface area (Å²) in [7, 11) is 0. The van der Waals surface area contributed by atoms with Crippen LogP contribution in [0.15, 0.2) is 11.9 Å². The molecule has 3 N–H and O–H groups in total. The van der Waals surface area contributed by atoms with Crippen LogP contribution < -0.4 is 0 Å². The molecule has 0 bridgehead atoms. The predicted molar refractivity (Wildman–Crippen MR) is 85.4 cm³/mol. The fraction of sp³-hybridized carbons (Fsp3) is 0.882. The van der Waals surface area contributed by atoms with Crippen LogP contribution in [-0.2, 0) is 9.47 Å². The lowest BCUT2D eigenvalue weighted by molar-refractivity contribution is -0.242. The summed E-state index contributed by atoms with van der Waals surface area (Å²) in [6.45, 7) is 10.3. The highest BCUT2D eigenvalue weighted by atomic mass is 19.1. The van der Waals surface area contributed by atoms with E-state index in [0.29, 0.717) is 6.42 Å². The summed E-state index contributed by atoms with van der Waals surface area (Å²) in [6.07, 6.45) is -2.00. The van der Waals surface area contributed by atoms with Crippen molar-refractivity contribution in [1.82, 2.24) is 0 Å². The number of hydrogen-bond donors (Lipinski definition) is 3. The van der Waals surface area contributed by atoms with E-state index in [1.54, 1.807) is 13.8 Å². The Hall–Kier alpha value is -0.530. The van der Waals surface area contributed by atoms with Crippen LogP contribution >= 0.6 is 0 Å². The molecule has 1 heterocycles. The van der Waals surface area contributed by atoms with Gasteiger partial charge in [0.15, 0.2) is 6.29 Å². The number of hydrogen-bond acceptors (Lipinski definition) is 5. The molecule has 1 fully saturated rings. The van der Waals surface area contributed by atoms with Crippen LogP contribution in [0.2, 0.25) is 0 Å². The highest BCUT2D eigenvalue weighted by Gasteiger charge is 2.49. The van der Waals surface area contributed by atoms with E-state index in [-0.39, 0.29) is 18.4 Å². The van der Waals surface area contributed by atoms with Gasteiger partial charge in [-0.15, -0.1) is 0 Å². The minimum atomic E-state index is -1.22. The van der Waals surface area contributed by atoms with Crippen LogP contribution in [-0.4, -0.2) is 52.1 Å². The molecule has 0 aromatic rings. The number of ether oxygens (including phenoxy) is 2. The summed E-state index contributed by atoms with van der Waals surface area (Å²) in [5.74, 6) is -0.596. The molecule has 5 atom stereocenters. The maximum Gasteiger partial charge on any atom is 0.187 e. The number of aliphatic hydroxyl groups is 3. The molecular formula is C17H31FO5. The summed E-state index contributed by atoms with van der Waals surface area (Å²) in [6, 6.07) is 0. The molecule has 0 amide bonds. The Balaban J connectivity index is 2.90. The highest BCUT2D eigenvalue weighted by molar-refractivity contribution is 5.06. The largest absolute Gasteiger partial charge is 0.396 e. The molecular weight excluding hydrogens is 303 g/mol. The topological polar surface area (TPSA) is 79.2 Å². The van der Waals surface area contributed by atoms with Crippen molar-refractivity contribution < 1.29 is 29.2 Å². The van der Waals surface area contributed by atoms with E-state index in [1.165, 1.54) is 13.0 Å². The second-order valence-corrected chi connectivity index (χ2v) is 7.38. The fourth-order valence-corrected chi connectivity index (χ4v) is 2.74.